The summed E-state index contributed by atoms with van der Waals surface area (Å²) in [7, 11) is -4.66. The Bertz CT molecular complexity index is 646. The third-order valence-corrected chi connectivity index (χ3v) is 6.03. The molecule has 0 aromatic rings. The van der Waals surface area contributed by atoms with Crippen LogP contribution in [0.3, 0.4) is 0 Å². The molecule has 0 aromatic carbocycles. The van der Waals surface area contributed by atoms with Gasteiger partial charge in [-0.3, -0.25) is 23.4 Å². The lowest BCUT2D eigenvalue weighted by molar-refractivity contribution is -0.161. The summed E-state index contributed by atoms with van der Waals surface area (Å²) >= 11 is 0. The molecule has 0 spiro atoms. The fourth-order valence-electron chi connectivity index (χ4n) is 3.04. The second-order valence-corrected chi connectivity index (χ2v) is 9.94. The molecule has 3 atom stereocenters. The van der Waals surface area contributed by atoms with Crippen LogP contribution in [0.1, 0.15) is 97.3 Å². The number of carboxylic acids is 1. The summed E-state index contributed by atoms with van der Waals surface area (Å²) in [5, 5.41) is 8.70. The number of phosphoric acid groups is 1. The Kier molecular flexibility index (Phi) is 19.8. The van der Waals surface area contributed by atoms with Crippen molar-refractivity contribution < 1.29 is 47.5 Å². The van der Waals surface area contributed by atoms with Gasteiger partial charge in [-0.25, -0.2) is 4.57 Å². The van der Waals surface area contributed by atoms with Gasteiger partial charge in [0.25, 0.3) is 0 Å². The molecule has 0 heterocycles. The lowest BCUT2D eigenvalue weighted by Crippen LogP contribution is -2.34. The number of ether oxygens (including phenoxy) is 2. The van der Waals surface area contributed by atoms with E-state index >= 15 is 0 Å². The van der Waals surface area contributed by atoms with Gasteiger partial charge in [-0.1, -0.05) is 71.6 Å². The topological polar surface area (TPSA) is 172 Å². The molecule has 0 bridgehead atoms. The van der Waals surface area contributed by atoms with Crippen LogP contribution in [0.2, 0.25) is 0 Å². The molecule has 0 radical (unpaired) electrons. The zero-order valence-corrected chi connectivity index (χ0v) is 22.0. The monoisotopic (exact) mass is 525 g/mol. The molecule has 0 fully saturated rings. The van der Waals surface area contributed by atoms with Crippen LogP contribution in [0.25, 0.3) is 0 Å². The Hall–Kier alpha value is -1.52. The summed E-state index contributed by atoms with van der Waals surface area (Å²) in [4.78, 5) is 44.2. The third-order valence-electron chi connectivity index (χ3n) is 5.07. The summed E-state index contributed by atoms with van der Waals surface area (Å²) in [5.41, 5.74) is 5.22. The molecule has 0 aliphatic rings. The van der Waals surface area contributed by atoms with Gasteiger partial charge in [-0.15, -0.1) is 0 Å². The zero-order valence-electron chi connectivity index (χ0n) is 21.2. The lowest BCUT2D eigenvalue weighted by Gasteiger charge is -2.20. The summed E-state index contributed by atoms with van der Waals surface area (Å²) in [6.45, 7) is 2.29. The number of rotatable bonds is 23. The fraction of sp³-hybridized carbons (Fsp3) is 0.870. The van der Waals surface area contributed by atoms with Gasteiger partial charge in [0.1, 0.15) is 12.6 Å². The number of hydrogen-bond acceptors (Lipinski definition) is 9. The van der Waals surface area contributed by atoms with E-state index in [0.717, 1.165) is 19.3 Å². The molecule has 0 amide bonds. The van der Waals surface area contributed by atoms with E-state index in [4.69, 9.17) is 24.8 Å². The highest BCUT2D eigenvalue weighted by molar-refractivity contribution is 7.47. The second kappa shape index (κ2) is 20.7. The summed E-state index contributed by atoms with van der Waals surface area (Å²) in [5.74, 6) is -2.45. The van der Waals surface area contributed by atoms with Crippen molar-refractivity contribution in [3.05, 3.63) is 0 Å². The molecule has 1 unspecified atom stereocenters. The van der Waals surface area contributed by atoms with Crippen LogP contribution >= 0.6 is 7.82 Å². The predicted molar refractivity (Wildman–Crippen MR) is 130 cm³/mol. The Labute approximate surface area is 208 Å². The van der Waals surface area contributed by atoms with E-state index in [1.54, 1.807) is 6.92 Å². The standard InChI is InChI=1S/C23H44NO10P/c1-3-5-6-7-8-9-10-11-12-13-15-21(25)31-16-19(34-22(26)14-4-2)17-32-35(29,30)33-18-20(24)23(27)28/h19-20H,3-18,24H2,1-2H3,(H,27,28)(H,29,30)/t19-,20+/m1/s1. The molecule has 4 N–H and O–H groups in total. The van der Waals surface area contributed by atoms with E-state index in [1.807, 2.05) is 0 Å². The predicted octanol–water partition coefficient (Wildman–Crippen LogP) is 4.10. The van der Waals surface area contributed by atoms with Gasteiger partial charge in [0.05, 0.1) is 13.2 Å². The van der Waals surface area contributed by atoms with Crippen molar-refractivity contribution in [2.75, 3.05) is 19.8 Å². The highest BCUT2D eigenvalue weighted by Crippen LogP contribution is 2.43. The van der Waals surface area contributed by atoms with Gasteiger partial charge in [-0.2, -0.15) is 0 Å². The molecular formula is C23H44NO10P. The van der Waals surface area contributed by atoms with Gasteiger partial charge in [0.15, 0.2) is 6.10 Å². The van der Waals surface area contributed by atoms with Crippen LogP contribution in [0.15, 0.2) is 0 Å². The van der Waals surface area contributed by atoms with Gasteiger partial charge in [0, 0.05) is 12.8 Å². The van der Waals surface area contributed by atoms with Crippen LogP contribution in [-0.2, 0) is 37.5 Å². The third kappa shape index (κ3) is 20.4. The number of aliphatic carboxylic acids is 1. The van der Waals surface area contributed by atoms with Crippen molar-refractivity contribution in [3.63, 3.8) is 0 Å². The first-order chi connectivity index (χ1) is 16.6. The molecule has 35 heavy (non-hydrogen) atoms. The van der Waals surface area contributed by atoms with Crippen LogP contribution in [-0.4, -0.2) is 59.9 Å². The number of carbonyl (C=O) groups excluding carboxylic acids is 2. The van der Waals surface area contributed by atoms with E-state index in [9.17, 15) is 23.8 Å². The van der Waals surface area contributed by atoms with Crippen molar-refractivity contribution in [2.24, 2.45) is 5.73 Å². The Morgan fingerprint density at radius 3 is 1.86 bits per heavy atom. The molecule has 12 heteroatoms. The first-order valence-corrected chi connectivity index (χ1v) is 14.1. The van der Waals surface area contributed by atoms with Crippen molar-refractivity contribution in [1.29, 1.82) is 0 Å². The van der Waals surface area contributed by atoms with Gasteiger partial charge in [-0.05, 0) is 12.8 Å². The molecule has 206 valence electrons. The molecule has 0 rings (SSSR count). The molecule has 11 nitrogen and oxygen atoms in total. The minimum absolute atomic E-state index is 0.115. The first-order valence-electron chi connectivity index (χ1n) is 12.6. The van der Waals surface area contributed by atoms with Crippen LogP contribution in [0, 0.1) is 0 Å². The molecule has 0 saturated carbocycles. The van der Waals surface area contributed by atoms with Crippen molar-refractivity contribution in [2.45, 2.75) is 109 Å². The van der Waals surface area contributed by atoms with Crippen LogP contribution in [0.4, 0.5) is 0 Å². The minimum Gasteiger partial charge on any atom is -0.480 e. The zero-order chi connectivity index (χ0) is 26.5. The number of nitrogens with two attached hydrogens (primary N) is 1. The van der Waals surface area contributed by atoms with E-state index < -0.39 is 51.1 Å². The van der Waals surface area contributed by atoms with Crippen LogP contribution in [0.5, 0.6) is 0 Å². The average Bonchev–Trinajstić information content (AvgIpc) is 2.80. The largest absolute Gasteiger partial charge is 0.480 e. The van der Waals surface area contributed by atoms with Gasteiger partial charge < -0.3 is 25.2 Å². The van der Waals surface area contributed by atoms with Crippen molar-refractivity contribution in [1.82, 2.24) is 0 Å². The molecular weight excluding hydrogens is 481 g/mol. The number of phosphoric ester groups is 1. The maximum atomic E-state index is 12.0. The number of carbonyl (C=O) groups is 3. The lowest BCUT2D eigenvalue weighted by atomic mass is 10.1. The maximum absolute atomic E-state index is 12.0. The van der Waals surface area contributed by atoms with E-state index in [2.05, 4.69) is 11.4 Å². The van der Waals surface area contributed by atoms with Gasteiger partial charge in [0.2, 0.25) is 0 Å². The summed E-state index contributed by atoms with van der Waals surface area (Å²) in [6, 6.07) is -1.51. The normalized spacial score (nSPS) is 14.6. The summed E-state index contributed by atoms with van der Waals surface area (Å²) < 4.78 is 31.5. The maximum Gasteiger partial charge on any atom is 0.472 e. The van der Waals surface area contributed by atoms with Crippen molar-refractivity contribution >= 4 is 25.7 Å². The fourth-order valence-corrected chi connectivity index (χ4v) is 3.82. The number of carboxylic acid groups (broad SMARTS) is 1. The highest BCUT2D eigenvalue weighted by Gasteiger charge is 2.28. The average molecular weight is 526 g/mol. The molecule has 0 aliphatic heterocycles. The van der Waals surface area contributed by atoms with Crippen LogP contribution < -0.4 is 5.73 Å². The Morgan fingerprint density at radius 1 is 0.771 bits per heavy atom. The van der Waals surface area contributed by atoms with Gasteiger partial charge >= 0.3 is 25.7 Å². The van der Waals surface area contributed by atoms with E-state index in [0.29, 0.717) is 12.8 Å². The van der Waals surface area contributed by atoms with E-state index in [1.165, 1.54) is 38.5 Å². The minimum atomic E-state index is -4.66. The SMILES string of the molecule is CCCCCCCCCCCCC(=O)OC[C@H](COP(=O)(O)OC[C@H](N)C(=O)O)OC(=O)CCC. The number of hydrogen-bond donors (Lipinski definition) is 3. The quantitative estimate of drug-likeness (QED) is 0.0996. The first kappa shape index (κ1) is 33.5. The Balaban J connectivity index is 4.31. The second-order valence-electron chi connectivity index (χ2n) is 8.48. The smallest absolute Gasteiger partial charge is 0.472 e. The molecule has 0 aromatic heterocycles. The van der Waals surface area contributed by atoms with Crippen molar-refractivity contribution in [3.8, 4) is 0 Å². The van der Waals surface area contributed by atoms with E-state index in [-0.39, 0.29) is 19.4 Å². The Morgan fingerprint density at radius 2 is 1.31 bits per heavy atom. The molecule has 0 aliphatic carbocycles. The number of unbranched alkanes of at least 4 members (excludes halogenated alkanes) is 9. The molecule has 0 saturated heterocycles. The summed E-state index contributed by atoms with van der Waals surface area (Å²) in [6.07, 6.45) is 11.1. The highest BCUT2D eigenvalue weighted by atomic mass is 31.2. The number of esters is 2.